The summed E-state index contributed by atoms with van der Waals surface area (Å²) < 4.78 is 0. The van der Waals surface area contributed by atoms with Gasteiger partial charge in [-0.25, -0.2) is 0 Å². The second-order valence-electron chi connectivity index (χ2n) is 4.55. The predicted octanol–water partition coefficient (Wildman–Crippen LogP) is 1.77. The Labute approximate surface area is 116 Å². The van der Waals surface area contributed by atoms with E-state index in [9.17, 15) is 0 Å². The summed E-state index contributed by atoms with van der Waals surface area (Å²) in [7, 11) is 0. The minimum absolute atomic E-state index is 0.0159. The van der Waals surface area contributed by atoms with Gasteiger partial charge in [0.1, 0.15) is 0 Å². The van der Waals surface area contributed by atoms with Crippen LogP contribution in [-0.2, 0) is 6.42 Å². The molecule has 1 unspecified atom stereocenters. The average molecular weight is 265 g/mol. The third-order valence-electron chi connectivity index (χ3n) is 3.30. The number of fused-ring (bicyclic) bond motifs is 1. The molecule has 3 rings (SSSR count). The highest BCUT2D eigenvalue weighted by Gasteiger charge is 2.14. The molecule has 0 saturated heterocycles. The summed E-state index contributed by atoms with van der Waals surface area (Å²) in [6.07, 6.45) is 7.73. The minimum Gasteiger partial charge on any atom is -0.271 e. The normalized spacial score (nSPS) is 12.4. The number of hydrogen-bond acceptors (Lipinski definition) is 5. The van der Waals surface area contributed by atoms with Gasteiger partial charge in [0.05, 0.1) is 17.1 Å². The number of rotatable bonds is 4. The number of nitrogens with zero attached hydrogens (tertiary/aromatic N) is 3. The van der Waals surface area contributed by atoms with Crippen molar-refractivity contribution >= 4 is 11.0 Å². The maximum atomic E-state index is 5.73. The molecule has 5 heteroatoms. The van der Waals surface area contributed by atoms with Gasteiger partial charge in [-0.05, 0) is 35.7 Å². The maximum Gasteiger partial charge on any atom is 0.0935 e. The Balaban J connectivity index is 1.99. The lowest BCUT2D eigenvalue weighted by atomic mass is 9.98. The third-order valence-corrected chi connectivity index (χ3v) is 3.30. The standard InChI is InChI=1S/C15H15N5/c16-20-14(10-11-4-6-17-7-5-11)12-2-1-3-13-15(12)19-9-8-18-13/h1-9,14,20H,10,16H2. The zero-order valence-electron chi connectivity index (χ0n) is 10.9. The van der Waals surface area contributed by atoms with Crippen LogP contribution in [0.4, 0.5) is 0 Å². The zero-order chi connectivity index (χ0) is 13.8. The summed E-state index contributed by atoms with van der Waals surface area (Å²) in [4.78, 5) is 12.8. The van der Waals surface area contributed by atoms with Crippen LogP contribution in [-0.4, -0.2) is 15.0 Å². The van der Waals surface area contributed by atoms with E-state index in [0.717, 1.165) is 23.0 Å². The van der Waals surface area contributed by atoms with Gasteiger partial charge >= 0.3 is 0 Å². The molecule has 0 fully saturated rings. The van der Waals surface area contributed by atoms with Gasteiger partial charge in [0.25, 0.3) is 0 Å². The van der Waals surface area contributed by atoms with Crippen LogP contribution in [0.25, 0.3) is 11.0 Å². The largest absolute Gasteiger partial charge is 0.271 e. The summed E-state index contributed by atoms with van der Waals surface area (Å²) >= 11 is 0. The summed E-state index contributed by atoms with van der Waals surface area (Å²) in [5, 5.41) is 0. The second-order valence-corrected chi connectivity index (χ2v) is 4.55. The van der Waals surface area contributed by atoms with Crippen LogP contribution in [0.2, 0.25) is 0 Å². The summed E-state index contributed by atoms with van der Waals surface area (Å²) in [6, 6.07) is 9.91. The number of nitrogens with one attached hydrogen (secondary N) is 1. The molecule has 100 valence electrons. The van der Waals surface area contributed by atoms with E-state index in [-0.39, 0.29) is 6.04 Å². The van der Waals surface area contributed by atoms with Crippen molar-refractivity contribution in [1.82, 2.24) is 20.4 Å². The Morgan fingerprint density at radius 1 is 1.00 bits per heavy atom. The van der Waals surface area contributed by atoms with Gasteiger partial charge in [0.2, 0.25) is 0 Å². The first-order valence-electron chi connectivity index (χ1n) is 6.43. The smallest absolute Gasteiger partial charge is 0.0935 e. The van der Waals surface area contributed by atoms with Crippen LogP contribution in [0.15, 0.2) is 55.1 Å². The van der Waals surface area contributed by atoms with Crippen molar-refractivity contribution in [1.29, 1.82) is 0 Å². The molecular weight excluding hydrogens is 250 g/mol. The van der Waals surface area contributed by atoms with Crippen LogP contribution in [0.3, 0.4) is 0 Å². The van der Waals surface area contributed by atoms with Gasteiger partial charge in [-0.1, -0.05) is 12.1 Å². The molecule has 20 heavy (non-hydrogen) atoms. The van der Waals surface area contributed by atoms with Crippen LogP contribution < -0.4 is 11.3 Å². The fourth-order valence-electron chi connectivity index (χ4n) is 2.31. The zero-order valence-corrected chi connectivity index (χ0v) is 10.9. The first-order chi connectivity index (χ1) is 9.88. The van der Waals surface area contributed by atoms with Crippen LogP contribution in [0.5, 0.6) is 0 Å². The fraction of sp³-hybridized carbons (Fsp3) is 0.133. The van der Waals surface area contributed by atoms with Gasteiger partial charge in [-0.15, -0.1) is 0 Å². The van der Waals surface area contributed by atoms with Gasteiger partial charge < -0.3 is 0 Å². The van der Waals surface area contributed by atoms with Gasteiger partial charge in [0.15, 0.2) is 0 Å². The van der Waals surface area contributed by atoms with Crippen LogP contribution in [0.1, 0.15) is 17.2 Å². The number of hydrogen-bond donors (Lipinski definition) is 2. The number of pyridine rings is 1. The van der Waals surface area contributed by atoms with Crippen molar-refractivity contribution in [3.05, 3.63) is 66.2 Å². The van der Waals surface area contributed by atoms with E-state index in [4.69, 9.17) is 5.84 Å². The van der Waals surface area contributed by atoms with Crippen molar-refractivity contribution in [3.63, 3.8) is 0 Å². The van der Waals surface area contributed by atoms with Crippen molar-refractivity contribution in [2.75, 3.05) is 0 Å². The molecular formula is C15H15N5. The van der Waals surface area contributed by atoms with E-state index in [1.165, 1.54) is 5.56 Å². The molecule has 1 aromatic carbocycles. The van der Waals surface area contributed by atoms with Gasteiger partial charge in [0, 0.05) is 24.8 Å². The van der Waals surface area contributed by atoms with E-state index in [0.29, 0.717) is 0 Å². The molecule has 0 bridgehead atoms. The third kappa shape index (κ3) is 2.49. The number of nitrogens with two attached hydrogens (primary N) is 1. The Morgan fingerprint density at radius 2 is 1.80 bits per heavy atom. The molecule has 0 radical (unpaired) electrons. The molecule has 0 saturated carbocycles. The highest BCUT2D eigenvalue weighted by atomic mass is 15.2. The van der Waals surface area contributed by atoms with Gasteiger partial charge in [-0.3, -0.25) is 26.2 Å². The summed E-state index contributed by atoms with van der Waals surface area (Å²) in [6.45, 7) is 0. The maximum absolute atomic E-state index is 5.73. The Morgan fingerprint density at radius 3 is 2.60 bits per heavy atom. The van der Waals surface area contributed by atoms with Crippen molar-refractivity contribution in [2.24, 2.45) is 5.84 Å². The monoisotopic (exact) mass is 265 g/mol. The highest BCUT2D eigenvalue weighted by molar-refractivity contribution is 5.78. The second kappa shape index (κ2) is 5.73. The number of para-hydroxylation sites is 1. The highest BCUT2D eigenvalue weighted by Crippen LogP contribution is 2.23. The van der Waals surface area contributed by atoms with Crippen molar-refractivity contribution in [2.45, 2.75) is 12.5 Å². The summed E-state index contributed by atoms with van der Waals surface area (Å²) in [5.74, 6) is 5.73. The number of aromatic nitrogens is 3. The number of benzene rings is 1. The lowest BCUT2D eigenvalue weighted by Crippen LogP contribution is -2.29. The first-order valence-corrected chi connectivity index (χ1v) is 6.43. The Bertz CT molecular complexity index is 693. The molecule has 2 aromatic heterocycles. The number of hydrazine groups is 1. The molecule has 0 aliphatic carbocycles. The molecule has 0 spiro atoms. The molecule has 1 atom stereocenters. The van der Waals surface area contributed by atoms with Crippen molar-refractivity contribution < 1.29 is 0 Å². The lowest BCUT2D eigenvalue weighted by molar-refractivity contribution is 0.554. The predicted molar refractivity (Wildman–Crippen MR) is 77.5 cm³/mol. The molecule has 3 aromatic rings. The van der Waals surface area contributed by atoms with Crippen LogP contribution in [0, 0.1) is 0 Å². The molecule has 0 amide bonds. The van der Waals surface area contributed by atoms with Gasteiger partial charge in [-0.2, -0.15) is 0 Å². The quantitative estimate of drug-likeness (QED) is 0.555. The topological polar surface area (TPSA) is 76.7 Å². The first kappa shape index (κ1) is 12.7. The molecule has 2 heterocycles. The lowest BCUT2D eigenvalue weighted by Gasteiger charge is -2.17. The van der Waals surface area contributed by atoms with E-state index < -0.39 is 0 Å². The van der Waals surface area contributed by atoms with E-state index >= 15 is 0 Å². The Hall–Kier alpha value is -2.37. The molecule has 0 aliphatic heterocycles. The average Bonchev–Trinajstić information content (AvgIpc) is 2.53. The molecule has 3 N–H and O–H groups in total. The van der Waals surface area contributed by atoms with E-state index in [2.05, 4.69) is 20.4 Å². The van der Waals surface area contributed by atoms with E-state index in [1.807, 2.05) is 30.3 Å². The summed E-state index contributed by atoms with van der Waals surface area (Å²) in [5.41, 5.74) is 6.85. The SMILES string of the molecule is NNC(Cc1ccncc1)c1cccc2nccnc12. The van der Waals surface area contributed by atoms with Crippen molar-refractivity contribution in [3.8, 4) is 0 Å². The van der Waals surface area contributed by atoms with E-state index in [1.54, 1.807) is 24.8 Å². The Kier molecular flexibility index (Phi) is 3.62. The molecule has 5 nitrogen and oxygen atoms in total. The van der Waals surface area contributed by atoms with Crippen LogP contribution >= 0.6 is 0 Å². The minimum atomic E-state index is -0.0159. The fourth-order valence-corrected chi connectivity index (χ4v) is 2.31. The molecule has 0 aliphatic rings.